The highest BCUT2D eigenvalue weighted by molar-refractivity contribution is 7.22. The number of para-hydroxylation sites is 1. The Morgan fingerprint density at radius 3 is 2.50 bits per heavy atom. The molecule has 3 aromatic rings. The first kappa shape index (κ1) is 19.8. The third-order valence-corrected chi connectivity index (χ3v) is 4.78. The second-order valence-corrected chi connectivity index (χ2v) is 8.07. The van der Waals surface area contributed by atoms with Crippen LogP contribution in [0.25, 0.3) is 10.2 Å². The summed E-state index contributed by atoms with van der Waals surface area (Å²) in [6, 6.07) is 14.3. The van der Waals surface area contributed by atoms with Crippen molar-refractivity contribution in [2.24, 2.45) is 0 Å². The molecule has 1 aromatic heterocycles. The maximum atomic E-state index is 12.7. The first-order chi connectivity index (χ1) is 13.2. The quantitative estimate of drug-likeness (QED) is 0.611. The molecule has 0 fully saturated rings. The lowest BCUT2D eigenvalue weighted by Gasteiger charge is -2.24. The first-order valence-electron chi connectivity index (χ1n) is 8.92. The summed E-state index contributed by atoms with van der Waals surface area (Å²) in [6.45, 7) is 7.00. The second kappa shape index (κ2) is 7.98. The zero-order valence-corrected chi connectivity index (χ0v) is 17.0. The minimum atomic E-state index is -1.08. The van der Waals surface area contributed by atoms with E-state index >= 15 is 0 Å². The molecule has 6 nitrogen and oxygen atoms in total. The van der Waals surface area contributed by atoms with Crippen LogP contribution in [0.5, 0.6) is 5.75 Å². The molecule has 0 atom stereocenters. The van der Waals surface area contributed by atoms with Crippen molar-refractivity contribution in [1.82, 2.24) is 4.98 Å². The molecule has 1 N–H and O–H groups in total. The van der Waals surface area contributed by atoms with Gasteiger partial charge >= 0.3 is 5.97 Å². The summed E-state index contributed by atoms with van der Waals surface area (Å²) in [5.74, 6) is -0.0802. The van der Waals surface area contributed by atoms with Crippen molar-refractivity contribution < 1.29 is 19.1 Å². The van der Waals surface area contributed by atoms with Crippen LogP contribution in [0.2, 0.25) is 0 Å². The number of hydrogen-bond donors (Lipinski definition) is 1. The Labute approximate surface area is 167 Å². The fraction of sp³-hybridized carbons (Fsp3) is 0.286. The molecule has 2 aromatic carbocycles. The van der Waals surface area contributed by atoms with Gasteiger partial charge in [0, 0.05) is 0 Å². The molecule has 0 unspecified atom stereocenters. The summed E-state index contributed by atoms with van der Waals surface area (Å²) in [4.78, 5) is 29.1. The predicted octanol–water partition coefficient (Wildman–Crippen LogP) is 4.66. The summed E-state index contributed by atoms with van der Waals surface area (Å²) < 4.78 is 11.8. The van der Waals surface area contributed by atoms with Crippen LogP contribution < -0.4 is 10.1 Å². The second-order valence-electron chi connectivity index (χ2n) is 7.04. The molecule has 0 spiro atoms. The van der Waals surface area contributed by atoms with Crippen LogP contribution in [0.1, 0.15) is 38.1 Å². The Bertz CT molecular complexity index is 996. The van der Waals surface area contributed by atoms with E-state index in [0.29, 0.717) is 22.0 Å². The number of fused-ring (bicyclic) bond motifs is 1. The Balaban J connectivity index is 1.74. The highest BCUT2D eigenvalue weighted by Crippen LogP contribution is 2.28. The molecule has 3 rings (SSSR count). The number of thiazole rings is 1. The van der Waals surface area contributed by atoms with E-state index in [-0.39, 0.29) is 18.0 Å². The molecule has 0 saturated carbocycles. The summed E-state index contributed by atoms with van der Waals surface area (Å²) in [6.07, 6.45) is -0.189. The van der Waals surface area contributed by atoms with Gasteiger partial charge in [0.1, 0.15) is 5.75 Å². The van der Waals surface area contributed by atoms with Crippen molar-refractivity contribution in [3.8, 4) is 5.75 Å². The normalized spacial score (nSPS) is 11.5. The zero-order chi connectivity index (χ0) is 20.3. The van der Waals surface area contributed by atoms with Crippen molar-refractivity contribution in [1.29, 1.82) is 0 Å². The number of aromatic nitrogens is 1. The molecule has 146 valence electrons. The van der Waals surface area contributed by atoms with Gasteiger partial charge in [0.15, 0.2) is 10.7 Å². The fourth-order valence-corrected chi connectivity index (χ4v) is 3.36. The number of carbonyl (C=O) groups excluding carboxylic acids is 2. The van der Waals surface area contributed by atoms with Gasteiger partial charge in [-0.2, -0.15) is 0 Å². The van der Waals surface area contributed by atoms with Gasteiger partial charge in [-0.05, 0) is 58.0 Å². The summed E-state index contributed by atoms with van der Waals surface area (Å²) in [5.41, 5.74) is 0.0736. The number of esters is 1. The molecule has 1 heterocycles. The Hall–Kier alpha value is -2.93. The SMILES string of the molecule is CC(C)OC(=O)c1ccc2nc(NC(=O)C(C)(C)Oc3ccccc3)sc2c1. The zero-order valence-electron chi connectivity index (χ0n) is 16.2. The van der Waals surface area contributed by atoms with E-state index in [1.54, 1.807) is 58.0 Å². The van der Waals surface area contributed by atoms with E-state index in [9.17, 15) is 9.59 Å². The number of nitrogens with one attached hydrogen (secondary N) is 1. The van der Waals surface area contributed by atoms with E-state index < -0.39 is 5.60 Å². The summed E-state index contributed by atoms with van der Waals surface area (Å²) in [7, 11) is 0. The van der Waals surface area contributed by atoms with Crippen molar-refractivity contribution in [2.45, 2.75) is 39.4 Å². The van der Waals surface area contributed by atoms with Crippen LogP contribution in [-0.4, -0.2) is 28.6 Å². The molecular weight excluding hydrogens is 376 g/mol. The monoisotopic (exact) mass is 398 g/mol. The number of nitrogens with zero attached hydrogens (tertiary/aromatic N) is 1. The number of hydrogen-bond acceptors (Lipinski definition) is 6. The largest absolute Gasteiger partial charge is 0.478 e. The van der Waals surface area contributed by atoms with Crippen LogP contribution in [0.15, 0.2) is 48.5 Å². The van der Waals surface area contributed by atoms with Gasteiger partial charge in [-0.3, -0.25) is 10.1 Å². The highest BCUT2D eigenvalue weighted by Gasteiger charge is 2.30. The predicted molar refractivity (Wildman–Crippen MR) is 110 cm³/mol. The first-order valence-corrected chi connectivity index (χ1v) is 9.73. The Kier molecular flexibility index (Phi) is 5.65. The van der Waals surface area contributed by atoms with Crippen molar-refractivity contribution in [2.75, 3.05) is 5.32 Å². The van der Waals surface area contributed by atoms with Crippen LogP contribution in [-0.2, 0) is 9.53 Å². The minimum absolute atomic E-state index is 0.189. The smallest absolute Gasteiger partial charge is 0.338 e. The highest BCUT2D eigenvalue weighted by atomic mass is 32.1. The number of ether oxygens (including phenoxy) is 2. The van der Waals surface area contributed by atoms with Gasteiger partial charge in [0.2, 0.25) is 0 Å². The topological polar surface area (TPSA) is 77.5 Å². The van der Waals surface area contributed by atoms with E-state index in [1.807, 2.05) is 18.2 Å². The van der Waals surface area contributed by atoms with E-state index in [0.717, 1.165) is 4.70 Å². The van der Waals surface area contributed by atoms with Gasteiger partial charge in [-0.15, -0.1) is 0 Å². The van der Waals surface area contributed by atoms with Crippen LogP contribution in [0, 0.1) is 0 Å². The third-order valence-electron chi connectivity index (χ3n) is 3.85. The molecule has 0 radical (unpaired) electrons. The average molecular weight is 398 g/mol. The fourth-order valence-electron chi connectivity index (χ4n) is 2.46. The molecule has 7 heteroatoms. The molecule has 28 heavy (non-hydrogen) atoms. The van der Waals surface area contributed by atoms with Crippen LogP contribution in [0.4, 0.5) is 5.13 Å². The number of carbonyl (C=O) groups is 2. The Morgan fingerprint density at radius 2 is 1.82 bits per heavy atom. The van der Waals surface area contributed by atoms with E-state index in [4.69, 9.17) is 9.47 Å². The number of rotatable bonds is 6. The maximum Gasteiger partial charge on any atom is 0.338 e. The van der Waals surface area contributed by atoms with Gasteiger partial charge in [0.05, 0.1) is 21.9 Å². The summed E-state index contributed by atoms with van der Waals surface area (Å²) in [5, 5.41) is 3.24. The van der Waals surface area contributed by atoms with Gasteiger partial charge in [-0.25, -0.2) is 9.78 Å². The van der Waals surface area contributed by atoms with E-state index in [1.165, 1.54) is 11.3 Å². The standard InChI is InChI=1S/C21H22N2O4S/c1-13(2)26-18(24)14-10-11-16-17(12-14)28-20(22-16)23-19(25)21(3,4)27-15-8-6-5-7-9-15/h5-13H,1-4H3,(H,22,23,25). The Morgan fingerprint density at radius 1 is 1.11 bits per heavy atom. The molecule has 0 aliphatic heterocycles. The van der Waals surface area contributed by atoms with Gasteiger partial charge in [0.25, 0.3) is 5.91 Å². The molecule has 0 aliphatic rings. The molecule has 0 aliphatic carbocycles. The number of benzene rings is 2. The van der Waals surface area contributed by atoms with E-state index in [2.05, 4.69) is 10.3 Å². The van der Waals surface area contributed by atoms with Gasteiger partial charge < -0.3 is 9.47 Å². The maximum absolute atomic E-state index is 12.7. The van der Waals surface area contributed by atoms with Crippen LogP contribution in [0.3, 0.4) is 0 Å². The number of anilines is 1. The third kappa shape index (κ3) is 4.67. The van der Waals surface area contributed by atoms with Gasteiger partial charge in [-0.1, -0.05) is 29.5 Å². The molecular formula is C21H22N2O4S. The lowest BCUT2D eigenvalue weighted by molar-refractivity contribution is -0.128. The molecule has 1 amide bonds. The number of amides is 1. The minimum Gasteiger partial charge on any atom is -0.478 e. The van der Waals surface area contributed by atoms with Crippen LogP contribution >= 0.6 is 11.3 Å². The molecule has 0 saturated heterocycles. The lowest BCUT2D eigenvalue weighted by atomic mass is 10.1. The average Bonchev–Trinajstić information content (AvgIpc) is 3.03. The lowest BCUT2D eigenvalue weighted by Crippen LogP contribution is -2.42. The van der Waals surface area contributed by atoms with Crippen molar-refractivity contribution in [3.05, 3.63) is 54.1 Å². The summed E-state index contributed by atoms with van der Waals surface area (Å²) >= 11 is 1.29. The van der Waals surface area contributed by atoms with Crippen molar-refractivity contribution in [3.63, 3.8) is 0 Å². The molecule has 0 bridgehead atoms. The van der Waals surface area contributed by atoms with Crippen molar-refractivity contribution >= 4 is 38.6 Å².